The van der Waals surface area contributed by atoms with Crippen LogP contribution in [0.25, 0.3) is 0 Å². The van der Waals surface area contributed by atoms with Gasteiger partial charge in [-0.3, -0.25) is 19.1 Å². The highest BCUT2D eigenvalue weighted by molar-refractivity contribution is 7.86. The molecule has 0 fully saturated rings. The fourth-order valence-electron chi connectivity index (χ4n) is 1.37. The first kappa shape index (κ1) is 15.3. The van der Waals surface area contributed by atoms with Gasteiger partial charge < -0.3 is 0 Å². The van der Waals surface area contributed by atoms with Crippen molar-refractivity contribution >= 4 is 21.6 Å². The van der Waals surface area contributed by atoms with Gasteiger partial charge in [0, 0.05) is 12.1 Å². The van der Waals surface area contributed by atoms with E-state index in [1.165, 1.54) is 6.92 Å². The van der Waals surface area contributed by atoms with Gasteiger partial charge in [0.15, 0.2) is 5.78 Å². The summed E-state index contributed by atoms with van der Waals surface area (Å²) in [5.41, 5.74) is -0.224. The number of hydrogen-bond donors (Lipinski definition) is 0. The van der Waals surface area contributed by atoms with Crippen molar-refractivity contribution in [1.29, 1.82) is 0 Å². The van der Waals surface area contributed by atoms with Gasteiger partial charge in [0.2, 0.25) is 0 Å². The molecule has 0 saturated heterocycles. The fourth-order valence-corrected chi connectivity index (χ4v) is 2.52. The van der Waals surface area contributed by atoms with Crippen molar-refractivity contribution in [2.45, 2.75) is 31.3 Å². The Morgan fingerprint density at radius 2 is 1.89 bits per heavy atom. The van der Waals surface area contributed by atoms with Gasteiger partial charge in [-0.25, -0.2) is 0 Å². The van der Waals surface area contributed by atoms with Crippen LogP contribution in [0.15, 0.2) is 29.2 Å². The maximum absolute atomic E-state index is 11.8. The summed E-state index contributed by atoms with van der Waals surface area (Å²) in [7, 11) is -4.10. The normalized spacial score (nSPS) is 12.9. The molecule has 1 unspecified atom stereocenters. The first-order valence-electron chi connectivity index (χ1n) is 5.46. The van der Waals surface area contributed by atoms with E-state index >= 15 is 0 Å². The zero-order valence-corrected chi connectivity index (χ0v) is 11.2. The van der Waals surface area contributed by atoms with Crippen LogP contribution in [0.3, 0.4) is 0 Å². The minimum absolute atomic E-state index is 0.224. The van der Waals surface area contributed by atoms with Crippen molar-refractivity contribution in [3.63, 3.8) is 0 Å². The smallest absolute Gasteiger partial charge is 0.297 e. The van der Waals surface area contributed by atoms with Gasteiger partial charge >= 0.3 is 0 Å². The third-order valence-corrected chi connectivity index (χ3v) is 3.74. The number of benzene rings is 1. The largest absolute Gasteiger partial charge is 0.297 e. The van der Waals surface area contributed by atoms with Gasteiger partial charge in [-0.1, -0.05) is 6.92 Å². The van der Waals surface area contributed by atoms with Crippen molar-refractivity contribution < 1.29 is 22.3 Å². The summed E-state index contributed by atoms with van der Waals surface area (Å²) in [6.45, 7) is 2.86. The van der Waals surface area contributed by atoms with E-state index in [0.717, 1.165) is 24.3 Å². The number of nitrogens with zero attached hydrogens (tertiary/aromatic N) is 1. The Morgan fingerprint density at radius 1 is 1.37 bits per heavy atom. The Bertz CT molecular complexity index is 578. The number of carbonyl (C=O) groups excluding carboxylic acids is 1. The van der Waals surface area contributed by atoms with E-state index in [-0.39, 0.29) is 17.0 Å². The van der Waals surface area contributed by atoms with Crippen LogP contribution >= 0.6 is 0 Å². The van der Waals surface area contributed by atoms with Crippen molar-refractivity contribution in [3.8, 4) is 0 Å². The second-order valence-corrected chi connectivity index (χ2v) is 5.38. The number of hydrogen-bond acceptors (Lipinski definition) is 6. The Balaban J connectivity index is 3.00. The quantitative estimate of drug-likeness (QED) is 0.448. The Labute approximate surface area is 110 Å². The molecular formula is C11H13NO6S. The lowest BCUT2D eigenvalue weighted by Crippen LogP contribution is -2.24. The fraction of sp³-hybridized carbons (Fsp3) is 0.364. The standard InChI is InChI=1S/C11H13NO6S/c1-3-11(8(2)13)18-19(16,17)10-6-4-9(5-7-10)12(14)15/h4-7,11H,3H2,1-2H3. The first-order chi connectivity index (χ1) is 8.77. The van der Waals surface area contributed by atoms with E-state index in [2.05, 4.69) is 0 Å². The summed E-state index contributed by atoms with van der Waals surface area (Å²) in [6, 6.07) is 4.26. The maximum atomic E-state index is 11.8. The minimum Gasteiger partial charge on any atom is -0.297 e. The number of carbonyl (C=O) groups is 1. The second kappa shape index (κ2) is 5.89. The van der Waals surface area contributed by atoms with Crippen LogP contribution in [0.1, 0.15) is 20.3 Å². The zero-order chi connectivity index (χ0) is 14.6. The minimum atomic E-state index is -4.10. The number of nitro groups is 1. The monoisotopic (exact) mass is 287 g/mol. The Hall–Kier alpha value is -1.80. The molecule has 1 aromatic carbocycles. The predicted octanol–water partition coefficient (Wildman–Crippen LogP) is 1.67. The lowest BCUT2D eigenvalue weighted by Gasteiger charge is -2.12. The van der Waals surface area contributed by atoms with E-state index in [1.807, 2.05) is 0 Å². The number of rotatable bonds is 6. The molecule has 0 N–H and O–H groups in total. The lowest BCUT2D eigenvalue weighted by atomic mass is 10.2. The molecule has 8 heteroatoms. The molecule has 104 valence electrons. The highest BCUT2D eigenvalue weighted by Gasteiger charge is 2.24. The average molecular weight is 287 g/mol. The third-order valence-electron chi connectivity index (χ3n) is 2.40. The van der Waals surface area contributed by atoms with Crippen molar-refractivity contribution in [3.05, 3.63) is 34.4 Å². The molecule has 0 amide bonds. The number of non-ortho nitro benzene ring substituents is 1. The summed E-state index contributed by atoms with van der Waals surface area (Å²) >= 11 is 0. The van der Waals surface area contributed by atoms with Crippen LogP contribution < -0.4 is 0 Å². The summed E-state index contributed by atoms with van der Waals surface area (Å²) in [6.07, 6.45) is -0.818. The van der Waals surface area contributed by atoms with E-state index in [0.29, 0.717) is 0 Å². The van der Waals surface area contributed by atoms with Gasteiger partial charge in [-0.15, -0.1) is 0 Å². The number of ketones is 1. The summed E-state index contributed by atoms with van der Waals surface area (Å²) in [4.78, 5) is 20.7. The van der Waals surface area contributed by atoms with E-state index < -0.39 is 26.9 Å². The lowest BCUT2D eigenvalue weighted by molar-refractivity contribution is -0.384. The van der Waals surface area contributed by atoms with Crippen molar-refractivity contribution in [2.75, 3.05) is 0 Å². The van der Waals surface area contributed by atoms with E-state index in [4.69, 9.17) is 4.18 Å². The summed E-state index contributed by atoms with van der Waals surface area (Å²) in [5.74, 6) is -0.395. The molecule has 1 rings (SSSR count). The van der Waals surface area contributed by atoms with Crippen LogP contribution in [-0.2, 0) is 19.1 Å². The highest BCUT2D eigenvalue weighted by Crippen LogP contribution is 2.19. The van der Waals surface area contributed by atoms with Crippen molar-refractivity contribution in [1.82, 2.24) is 0 Å². The molecule has 0 bridgehead atoms. The average Bonchev–Trinajstić information content (AvgIpc) is 2.35. The van der Waals surface area contributed by atoms with E-state index in [9.17, 15) is 23.3 Å². The number of Topliss-reactive ketones (excluding diaryl/α,β-unsaturated/α-hetero) is 1. The Morgan fingerprint density at radius 3 is 2.26 bits per heavy atom. The third kappa shape index (κ3) is 3.83. The zero-order valence-electron chi connectivity index (χ0n) is 10.4. The van der Waals surface area contributed by atoms with Gasteiger partial charge in [-0.2, -0.15) is 8.42 Å². The van der Waals surface area contributed by atoms with Crippen LogP contribution in [-0.4, -0.2) is 25.2 Å². The Kier molecular flexibility index (Phi) is 4.73. The molecular weight excluding hydrogens is 274 g/mol. The molecule has 19 heavy (non-hydrogen) atoms. The second-order valence-electron chi connectivity index (χ2n) is 3.81. The molecule has 0 aliphatic carbocycles. The molecule has 0 heterocycles. The van der Waals surface area contributed by atoms with Crippen LogP contribution in [0.4, 0.5) is 5.69 Å². The van der Waals surface area contributed by atoms with Gasteiger partial charge in [0.05, 0.1) is 9.82 Å². The van der Waals surface area contributed by atoms with Crippen LogP contribution in [0.2, 0.25) is 0 Å². The predicted molar refractivity (Wildman–Crippen MR) is 66.1 cm³/mol. The van der Waals surface area contributed by atoms with Crippen LogP contribution in [0, 0.1) is 10.1 Å². The molecule has 0 aliphatic heterocycles. The topological polar surface area (TPSA) is 104 Å². The molecule has 0 radical (unpaired) electrons. The van der Waals surface area contributed by atoms with Gasteiger partial charge in [0.1, 0.15) is 6.10 Å². The molecule has 1 aromatic rings. The maximum Gasteiger partial charge on any atom is 0.297 e. The molecule has 7 nitrogen and oxygen atoms in total. The summed E-state index contributed by atoms with van der Waals surface area (Å²) in [5, 5.41) is 10.5. The van der Waals surface area contributed by atoms with Gasteiger partial charge in [-0.05, 0) is 25.5 Å². The number of nitro benzene ring substituents is 1. The van der Waals surface area contributed by atoms with Crippen molar-refractivity contribution in [2.24, 2.45) is 0 Å². The molecule has 1 atom stereocenters. The summed E-state index contributed by atoms with van der Waals surface area (Å²) < 4.78 is 28.5. The molecule has 0 saturated carbocycles. The molecule has 0 spiro atoms. The van der Waals surface area contributed by atoms with Crippen LogP contribution in [0.5, 0.6) is 0 Å². The first-order valence-corrected chi connectivity index (χ1v) is 6.87. The highest BCUT2D eigenvalue weighted by atomic mass is 32.2. The SMILES string of the molecule is CCC(OS(=O)(=O)c1ccc([N+](=O)[O-])cc1)C(C)=O. The van der Waals surface area contributed by atoms with E-state index in [1.54, 1.807) is 6.92 Å². The molecule has 0 aliphatic rings. The van der Waals surface area contributed by atoms with Gasteiger partial charge in [0.25, 0.3) is 15.8 Å². The molecule has 0 aromatic heterocycles.